The Labute approximate surface area is 187 Å². The van der Waals surface area contributed by atoms with E-state index in [1.807, 2.05) is 0 Å². The first kappa shape index (κ1) is 25.2. The number of halogens is 7. The Morgan fingerprint density at radius 2 is 1.82 bits per heavy atom. The quantitative estimate of drug-likeness (QED) is 0.509. The number of pyridine rings is 1. The van der Waals surface area contributed by atoms with Crippen molar-refractivity contribution in [1.82, 2.24) is 19.7 Å². The Kier molecular flexibility index (Phi) is 6.98. The Morgan fingerprint density at radius 3 is 2.35 bits per heavy atom. The van der Waals surface area contributed by atoms with Crippen LogP contribution in [0.15, 0.2) is 28.8 Å². The van der Waals surface area contributed by atoms with E-state index in [1.54, 1.807) is 6.07 Å². The number of rotatable bonds is 4. The summed E-state index contributed by atoms with van der Waals surface area (Å²) in [5.41, 5.74) is 3.29. The van der Waals surface area contributed by atoms with E-state index in [2.05, 4.69) is 20.8 Å². The monoisotopic (exact) mass is 493 g/mol. The number of fused-ring (bicyclic) bond motifs is 1. The minimum absolute atomic E-state index is 0.175. The second-order valence-electron chi connectivity index (χ2n) is 7.41. The van der Waals surface area contributed by atoms with E-state index < -0.39 is 40.6 Å². The summed E-state index contributed by atoms with van der Waals surface area (Å²) in [5.74, 6) is -2.95. The molecule has 184 valence electrons. The molecule has 1 aliphatic carbocycles. The number of amides is 1. The van der Waals surface area contributed by atoms with Crippen LogP contribution in [0.1, 0.15) is 59.6 Å². The fraction of sp³-hybridized carbons (Fsp3) is 0.400. The predicted octanol–water partition coefficient (Wildman–Crippen LogP) is 5.12. The molecule has 0 aliphatic heterocycles. The molecular weight excluding hydrogens is 475 g/mol. The Morgan fingerprint density at radius 1 is 1.15 bits per heavy atom. The molecule has 3 heterocycles. The molecule has 0 bridgehead atoms. The van der Waals surface area contributed by atoms with Crippen LogP contribution in [0.3, 0.4) is 0 Å². The van der Waals surface area contributed by atoms with Crippen LogP contribution in [0.25, 0.3) is 11.5 Å². The summed E-state index contributed by atoms with van der Waals surface area (Å²) in [4.78, 5) is 18.6. The van der Waals surface area contributed by atoms with E-state index in [1.165, 1.54) is 12.3 Å². The topological polar surface area (TPSA) is 99.8 Å². The molecule has 14 heteroatoms. The van der Waals surface area contributed by atoms with Gasteiger partial charge in [-0.15, -0.1) is 0 Å². The van der Waals surface area contributed by atoms with Crippen LogP contribution in [0, 0.1) is 0 Å². The van der Waals surface area contributed by atoms with Crippen molar-refractivity contribution < 1.29 is 39.9 Å². The van der Waals surface area contributed by atoms with Crippen molar-refractivity contribution in [2.45, 2.75) is 51.3 Å². The molecule has 0 saturated carbocycles. The van der Waals surface area contributed by atoms with Crippen LogP contribution in [0.5, 0.6) is 0 Å². The zero-order valence-corrected chi connectivity index (χ0v) is 17.5. The number of hydrogen-bond acceptors (Lipinski definition) is 5. The third-order valence-corrected chi connectivity index (χ3v) is 4.77. The summed E-state index contributed by atoms with van der Waals surface area (Å²) in [6.07, 6.45) is 0.331. The lowest BCUT2D eigenvalue weighted by atomic mass is 10.0. The molecule has 2 N–H and O–H groups in total. The highest BCUT2D eigenvalue weighted by molar-refractivity contribution is 5.90. The van der Waals surface area contributed by atoms with Gasteiger partial charge in [-0.05, 0) is 31.4 Å². The first-order valence-corrected chi connectivity index (χ1v) is 9.85. The number of alkyl halides is 7. The zero-order chi connectivity index (χ0) is 25.3. The second-order valence-corrected chi connectivity index (χ2v) is 7.41. The van der Waals surface area contributed by atoms with Crippen molar-refractivity contribution in [2.24, 2.45) is 5.73 Å². The number of nitrogens with zero attached hydrogens (tertiary/aromatic N) is 4. The van der Waals surface area contributed by atoms with Gasteiger partial charge in [0.1, 0.15) is 17.1 Å². The van der Waals surface area contributed by atoms with E-state index in [4.69, 9.17) is 4.42 Å². The normalized spacial score (nSPS) is 13.9. The van der Waals surface area contributed by atoms with Gasteiger partial charge in [0.05, 0.1) is 5.69 Å². The molecule has 0 atom stereocenters. The van der Waals surface area contributed by atoms with Crippen molar-refractivity contribution in [3.63, 3.8) is 0 Å². The Bertz CT molecular complexity index is 1140. The molecule has 1 amide bonds. The SMILES string of the molecule is CC(F)(F)c1cc(-c2nc3c(o2)CCCC3)ccn1.NC(=O)c1cc(C(F)(F)F)n(C(F)F)n1. The maximum absolute atomic E-state index is 13.3. The third kappa shape index (κ3) is 5.72. The third-order valence-electron chi connectivity index (χ3n) is 4.77. The van der Waals surface area contributed by atoms with Gasteiger partial charge in [-0.2, -0.15) is 40.5 Å². The number of primary amides is 1. The second kappa shape index (κ2) is 9.43. The van der Waals surface area contributed by atoms with Crippen molar-refractivity contribution in [3.8, 4) is 11.5 Å². The summed E-state index contributed by atoms with van der Waals surface area (Å²) in [6, 6.07) is 3.16. The van der Waals surface area contributed by atoms with Gasteiger partial charge in [-0.1, -0.05) is 0 Å². The van der Waals surface area contributed by atoms with E-state index in [0.717, 1.165) is 44.1 Å². The number of aryl methyl sites for hydroxylation is 2. The molecule has 0 unspecified atom stereocenters. The van der Waals surface area contributed by atoms with Crippen LogP contribution in [0.2, 0.25) is 0 Å². The minimum Gasteiger partial charge on any atom is -0.441 e. The average Bonchev–Trinajstić information content (AvgIpc) is 3.39. The number of hydrogen-bond donors (Lipinski definition) is 1. The molecule has 1 aliphatic rings. The Balaban J connectivity index is 0.000000197. The molecule has 0 spiro atoms. The molecule has 0 radical (unpaired) electrons. The number of nitrogens with two attached hydrogens (primary N) is 1. The van der Waals surface area contributed by atoms with Gasteiger partial charge in [0.2, 0.25) is 5.89 Å². The molecule has 0 fully saturated rings. The molecule has 4 rings (SSSR count). The van der Waals surface area contributed by atoms with Gasteiger partial charge in [-0.3, -0.25) is 9.78 Å². The smallest absolute Gasteiger partial charge is 0.433 e. The summed E-state index contributed by atoms with van der Waals surface area (Å²) < 4.78 is 92.2. The average molecular weight is 493 g/mol. The minimum atomic E-state index is -5.02. The highest BCUT2D eigenvalue weighted by Crippen LogP contribution is 2.32. The maximum atomic E-state index is 13.3. The fourth-order valence-corrected chi connectivity index (χ4v) is 3.15. The molecule has 0 saturated heterocycles. The van der Waals surface area contributed by atoms with Crippen molar-refractivity contribution >= 4 is 5.91 Å². The number of carbonyl (C=O) groups is 1. The summed E-state index contributed by atoms with van der Waals surface area (Å²) in [6.45, 7) is -2.66. The van der Waals surface area contributed by atoms with Gasteiger partial charge >= 0.3 is 12.7 Å². The molecular formula is C20H18F7N5O2. The maximum Gasteiger partial charge on any atom is 0.433 e. The Hall–Kier alpha value is -3.45. The van der Waals surface area contributed by atoms with E-state index >= 15 is 0 Å². The zero-order valence-electron chi connectivity index (χ0n) is 17.5. The van der Waals surface area contributed by atoms with Gasteiger partial charge < -0.3 is 10.2 Å². The largest absolute Gasteiger partial charge is 0.441 e. The fourth-order valence-electron chi connectivity index (χ4n) is 3.15. The molecule has 7 nitrogen and oxygen atoms in total. The highest BCUT2D eigenvalue weighted by Gasteiger charge is 2.38. The molecule has 34 heavy (non-hydrogen) atoms. The first-order chi connectivity index (χ1) is 15.8. The summed E-state index contributed by atoms with van der Waals surface area (Å²) in [7, 11) is 0. The van der Waals surface area contributed by atoms with Crippen molar-refractivity contribution in [2.75, 3.05) is 0 Å². The standard InChI is InChI=1S/C14H14F2N2O.C6H4F5N3O/c1-14(15,16)12-8-9(6-7-17-12)13-18-10-4-2-3-5-11(10)19-13;7-5(8)14-3(6(9,10)11)1-2(13-14)4(12)15/h6-8H,2-5H2,1H3;1,5H,(H2,12,15). The summed E-state index contributed by atoms with van der Waals surface area (Å²) in [5, 5.41) is 2.75. The van der Waals surface area contributed by atoms with Gasteiger partial charge in [-0.25, -0.2) is 4.98 Å². The molecule has 0 aromatic carbocycles. The first-order valence-electron chi connectivity index (χ1n) is 9.85. The lowest BCUT2D eigenvalue weighted by Gasteiger charge is -2.09. The predicted molar refractivity (Wildman–Crippen MR) is 103 cm³/mol. The van der Waals surface area contributed by atoms with Crippen molar-refractivity contribution in [3.05, 3.63) is 52.9 Å². The lowest BCUT2D eigenvalue weighted by molar-refractivity contribution is -0.149. The van der Waals surface area contributed by atoms with Gasteiger partial charge in [0, 0.05) is 31.2 Å². The van der Waals surface area contributed by atoms with Crippen LogP contribution < -0.4 is 5.73 Å². The summed E-state index contributed by atoms with van der Waals surface area (Å²) >= 11 is 0. The lowest BCUT2D eigenvalue weighted by Crippen LogP contribution is -2.15. The van der Waals surface area contributed by atoms with Crippen LogP contribution >= 0.6 is 0 Å². The molecule has 3 aromatic rings. The number of oxazole rings is 1. The van der Waals surface area contributed by atoms with E-state index in [9.17, 15) is 35.5 Å². The highest BCUT2D eigenvalue weighted by atomic mass is 19.4. The number of aromatic nitrogens is 4. The van der Waals surface area contributed by atoms with Crippen LogP contribution in [-0.4, -0.2) is 25.7 Å². The van der Waals surface area contributed by atoms with E-state index in [-0.39, 0.29) is 11.8 Å². The van der Waals surface area contributed by atoms with E-state index in [0.29, 0.717) is 11.5 Å². The van der Waals surface area contributed by atoms with Crippen LogP contribution in [0.4, 0.5) is 30.7 Å². The number of carbonyl (C=O) groups excluding carboxylic acids is 1. The van der Waals surface area contributed by atoms with Gasteiger partial charge in [0.15, 0.2) is 5.69 Å². The van der Waals surface area contributed by atoms with Crippen molar-refractivity contribution in [1.29, 1.82) is 0 Å². The van der Waals surface area contributed by atoms with Crippen LogP contribution in [-0.2, 0) is 24.9 Å². The molecule has 3 aromatic heterocycles. The van der Waals surface area contributed by atoms with Gasteiger partial charge in [0.25, 0.3) is 11.8 Å².